The van der Waals surface area contributed by atoms with Crippen LogP contribution >= 0.6 is 11.3 Å². The van der Waals surface area contributed by atoms with Gasteiger partial charge in [0.15, 0.2) is 0 Å². The summed E-state index contributed by atoms with van der Waals surface area (Å²) >= 11 is 1.71. The molecule has 6 nitrogen and oxygen atoms in total. The number of carbonyl (C=O) groups is 3. The monoisotopic (exact) mass is 423 g/mol. The Balaban J connectivity index is 1.42. The molecule has 2 aromatic carbocycles. The van der Waals surface area contributed by atoms with Crippen LogP contribution in [0.15, 0.2) is 47.8 Å². The van der Waals surface area contributed by atoms with E-state index in [1.54, 1.807) is 28.4 Å². The normalized spacial score (nSPS) is 13.0. The molecule has 0 radical (unpaired) electrons. The third-order valence-electron chi connectivity index (χ3n) is 5.18. The Morgan fingerprint density at radius 1 is 1.07 bits per heavy atom. The molecule has 0 unspecified atom stereocenters. The molecule has 2 heterocycles. The highest BCUT2D eigenvalue weighted by molar-refractivity contribution is 7.10. The van der Waals surface area contributed by atoms with E-state index in [1.807, 2.05) is 35.7 Å². The van der Waals surface area contributed by atoms with E-state index in [1.165, 1.54) is 17.6 Å². The van der Waals surface area contributed by atoms with Crippen LogP contribution in [0.4, 0.5) is 0 Å². The fourth-order valence-corrected chi connectivity index (χ4v) is 4.47. The van der Waals surface area contributed by atoms with E-state index in [-0.39, 0.29) is 30.1 Å². The number of thiophene rings is 1. The van der Waals surface area contributed by atoms with Gasteiger partial charge in [0.2, 0.25) is 5.91 Å². The fraction of sp³-hybridized carbons (Fsp3) is 0.261. The van der Waals surface area contributed by atoms with Crippen LogP contribution in [0, 0.1) is 0 Å². The largest absolute Gasteiger partial charge is 0.465 e. The van der Waals surface area contributed by atoms with E-state index >= 15 is 0 Å². The van der Waals surface area contributed by atoms with Gasteiger partial charge in [-0.25, -0.2) is 4.79 Å². The summed E-state index contributed by atoms with van der Waals surface area (Å²) in [6.07, 6.45) is 0.863. The van der Waals surface area contributed by atoms with Crippen LogP contribution in [-0.4, -0.2) is 36.4 Å². The van der Waals surface area contributed by atoms with Gasteiger partial charge in [-0.15, -0.1) is 11.3 Å². The molecule has 0 bridgehead atoms. The highest BCUT2D eigenvalue weighted by atomic mass is 32.1. The van der Waals surface area contributed by atoms with Crippen LogP contribution in [0.2, 0.25) is 0 Å². The molecule has 0 saturated heterocycles. The standard InChI is InChI=1S/C23H21NO5S/c1-28-23(27)18-12-15-4-2-3-5-16(15)13-19(18)29-22(26)7-6-21(25)24-10-8-20-17(14-24)9-11-30-20/h2-5,9,11-13H,6-8,10,14H2,1H3. The van der Waals surface area contributed by atoms with Crippen molar-refractivity contribution in [2.75, 3.05) is 13.7 Å². The minimum absolute atomic E-state index is 0.0563. The molecule has 0 saturated carbocycles. The van der Waals surface area contributed by atoms with E-state index in [2.05, 4.69) is 0 Å². The van der Waals surface area contributed by atoms with Crippen molar-refractivity contribution in [3.8, 4) is 5.75 Å². The third-order valence-corrected chi connectivity index (χ3v) is 6.20. The third kappa shape index (κ3) is 4.21. The van der Waals surface area contributed by atoms with Crippen LogP contribution in [0.1, 0.15) is 33.6 Å². The Bertz CT molecular complexity index is 1120. The van der Waals surface area contributed by atoms with Gasteiger partial charge in [-0.1, -0.05) is 24.3 Å². The lowest BCUT2D eigenvalue weighted by Crippen LogP contribution is -2.35. The number of hydrogen-bond acceptors (Lipinski definition) is 6. The van der Waals surface area contributed by atoms with E-state index in [4.69, 9.17) is 9.47 Å². The zero-order valence-corrected chi connectivity index (χ0v) is 17.4. The van der Waals surface area contributed by atoms with Crippen molar-refractivity contribution in [2.45, 2.75) is 25.8 Å². The summed E-state index contributed by atoms with van der Waals surface area (Å²) in [7, 11) is 1.28. The van der Waals surface area contributed by atoms with Gasteiger partial charge in [0, 0.05) is 24.4 Å². The predicted molar refractivity (Wildman–Crippen MR) is 114 cm³/mol. The average Bonchev–Trinajstić information content (AvgIpc) is 3.24. The van der Waals surface area contributed by atoms with Crippen molar-refractivity contribution < 1.29 is 23.9 Å². The number of nitrogens with zero attached hydrogens (tertiary/aromatic N) is 1. The molecule has 1 amide bonds. The van der Waals surface area contributed by atoms with Gasteiger partial charge in [0.1, 0.15) is 11.3 Å². The van der Waals surface area contributed by atoms with Crippen LogP contribution in [0.25, 0.3) is 10.8 Å². The quantitative estimate of drug-likeness (QED) is 0.459. The average molecular weight is 423 g/mol. The molecule has 3 aromatic rings. The Hall–Kier alpha value is -3.19. The van der Waals surface area contributed by atoms with Gasteiger partial charge < -0.3 is 14.4 Å². The lowest BCUT2D eigenvalue weighted by atomic mass is 10.1. The highest BCUT2D eigenvalue weighted by Crippen LogP contribution is 2.28. The van der Waals surface area contributed by atoms with Crippen LogP contribution in [0.3, 0.4) is 0 Å². The van der Waals surface area contributed by atoms with E-state index < -0.39 is 11.9 Å². The number of methoxy groups -OCH3 is 1. The first-order chi connectivity index (χ1) is 14.5. The number of fused-ring (bicyclic) bond motifs is 2. The van der Waals surface area contributed by atoms with Crippen molar-refractivity contribution in [1.82, 2.24) is 4.90 Å². The van der Waals surface area contributed by atoms with Gasteiger partial charge in [0.05, 0.1) is 13.5 Å². The summed E-state index contributed by atoms with van der Waals surface area (Å²) < 4.78 is 10.3. The number of carbonyl (C=O) groups excluding carboxylic acids is 3. The summed E-state index contributed by atoms with van der Waals surface area (Å²) in [4.78, 5) is 40.2. The van der Waals surface area contributed by atoms with E-state index in [9.17, 15) is 14.4 Å². The zero-order valence-electron chi connectivity index (χ0n) is 16.6. The van der Waals surface area contributed by atoms with Crippen molar-refractivity contribution in [3.05, 3.63) is 63.8 Å². The topological polar surface area (TPSA) is 72.9 Å². The second-order valence-corrected chi connectivity index (χ2v) is 8.10. The summed E-state index contributed by atoms with van der Waals surface area (Å²) in [5, 5.41) is 3.72. The Morgan fingerprint density at radius 3 is 2.60 bits per heavy atom. The second-order valence-electron chi connectivity index (χ2n) is 7.10. The molecule has 1 aliphatic rings. The molecule has 0 spiro atoms. The summed E-state index contributed by atoms with van der Waals surface area (Å²) in [5.41, 5.74) is 1.36. The number of esters is 2. The number of hydrogen-bond donors (Lipinski definition) is 0. The highest BCUT2D eigenvalue weighted by Gasteiger charge is 2.23. The number of ether oxygens (including phenoxy) is 2. The molecule has 7 heteroatoms. The smallest absolute Gasteiger partial charge is 0.341 e. The summed E-state index contributed by atoms with van der Waals surface area (Å²) in [6, 6.07) is 12.8. The van der Waals surface area contributed by atoms with Crippen LogP contribution in [-0.2, 0) is 27.3 Å². The first-order valence-corrected chi connectivity index (χ1v) is 10.6. The van der Waals surface area contributed by atoms with Gasteiger partial charge in [-0.05, 0) is 46.3 Å². The number of benzene rings is 2. The minimum atomic E-state index is -0.584. The molecule has 0 fully saturated rings. The molecule has 1 aromatic heterocycles. The van der Waals surface area contributed by atoms with Crippen molar-refractivity contribution in [3.63, 3.8) is 0 Å². The van der Waals surface area contributed by atoms with Crippen molar-refractivity contribution in [2.24, 2.45) is 0 Å². The number of rotatable bonds is 5. The van der Waals surface area contributed by atoms with Crippen LogP contribution in [0.5, 0.6) is 5.75 Å². The van der Waals surface area contributed by atoms with E-state index in [0.29, 0.717) is 13.1 Å². The molecule has 0 aliphatic carbocycles. The maximum Gasteiger partial charge on any atom is 0.341 e. The SMILES string of the molecule is COC(=O)c1cc2ccccc2cc1OC(=O)CCC(=O)N1CCc2sccc2C1. The fourth-order valence-electron chi connectivity index (χ4n) is 3.58. The predicted octanol–water partition coefficient (Wildman–Crippen LogP) is 3.96. The Kier molecular flexibility index (Phi) is 5.81. The van der Waals surface area contributed by atoms with Gasteiger partial charge in [-0.2, -0.15) is 0 Å². The van der Waals surface area contributed by atoms with Crippen LogP contribution < -0.4 is 4.74 Å². The van der Waals surface area contributed by atoms with Gasteiger partial charge >= 0.3 is 11.9 Å². The Labute approximate surface area is 178 Å². The van der Waals surface area contributed by atoms with E-state index in [0.717, 1.165) is 17.2 Å². The minimum Gasteiger partial charge on any atom is -0.465 e. The lowest BCUT2D eigenvalue weighted by molar-refractivity contribution is -0.139. The molecule has 4 rings (SSSR count). The maximum atomic E-state index is 12.5. The summed E-state index contributed by atoms with van der Waals surface area (Å²) in [5.74, 6) is -1.08. The van der Waals surface area contributed by atoms with Gasteiger partial charge in [-0.3, -0.25) is 9.59 Å². The van der Waals surface area contributed by atoms with Crippen molar-refractivity contribution >= 4 is 40.0 Å². The lowest BCUT2D eigenvalue weighted by Gasteiger charge is -2.27. The molecule has 0 atom stereocenters. The zero-order chi connectivity index (χ0) is 21.1. The molecule has 1 aliphatic heterocycles. The first kappa shape index (κ1) is 20.1. The van der Waals surface area contributed by atoms with Gasteiger partial charge in [0.25, 0.3) is 0 Å². The first-order valence-electron chi connectivity index (χ1n) is 9.70. The molecular weight excluding hydrogens is 402 g/mol. The van der Waals surface area contributed by atoms with Crippen molar-refractivity contribution in [1.29, 1.82) is 0 Å². The molecular formula is C23H21NO5S. The second kappa shape index (κ2) is 8.67. The number of amides is 1. The molecule has 30 heavy (non-hydrogen) atoms. The maximum absolute atomic E-state index is 12.5. The molecule has 0 N–H and O–H groups in total. The molecule has 154 valence electrons. The summed E-state index contributed by atoms with van der Waals surface area (Å²) in [6.45, 7) is 1.25. The Morgan fingerprint density at radius 2 is 1.83 bits per heavy atom.